The van der Waals surface area contributed by atoms with Crippen molar-refractivity contribution >= 4 is 14.0 Å². The molecular weight excluding hydrogens is 119 g/mol. The highest BCUT2D eigenvalue weighted by Gasteiger charge is 1.94. The van der Waals surface area contributed by atoms with Crippen molar-refractivity contribution in [2.75, 3.05) is 19.6 Å². The molecule has 0 amide bonds. The van der Waals surface area contributed by atoms with Gasteiger partial charge in [0.05, 0.1) is 6.54 Å². The maximum atomic E-state index is 10.4. The number of carbonyl (C=O) groups excluding carboxylic acids is 1. The molecule has 0 rings (SSSR count). The van der Waals surface area contributed by atoms with Crippen LogP contribution < -0.4 is 11.1 Å². The zero-order valence-electron chi connectivity index (χ0n) is 5.52. The zero-order chi connectivity index (χ0) is 7.11. The summed E-state index contributed by atoms with van der Waals surface area (Å²) in [6.45, 7) is 1.43. The lowest BCUT2D eigenvalue weighted by molar-refractivity contribution is -0.132. The van der Waals surface area contributed by atoms with Gasteiger partial charge in [0, 0.05) is 13.1 Å². The fourth-order valence-electron chi connectivity index (χ4n) is 0.365. The molecule has 0 spiro atoms. The Bertz CT molecular complexity index is 88.6. The van der Waals surface area contributed by atoms with Crippen LogP contribution >= 0.6 is 0 Å². The Morgan fingerprint density at radius 1 is 1.78 bits per heavy atom. The normalized spacial score (nSPS) is 9.00. The highest BCUT2D eigenvalue weighted by Crippen LogP contribution is 1.66. The summed E-state index contributed by atoms with van der Waals surface area (Å²) in [5.74, 6) is -0.261. The smallest absolute Gasteiger partial charge is 0.326 e. The second kappa shape index (κ2) is 5.59. The molecule has 0 atom stereocenters. The molecule has 0 aromatic rings. The average molecular weight is 130 g/mol. The zero-order valence-corrected chi connectivity index (χ0v) is 5.52. The lowest BCUT2D eigenvalue weighted by Gasteiger charge is -1.99. The van der Waals surface area contributed by atoms with Crippen LogP contribution in [0.1, 0.15) is 0 Å². The Labute approximate surface area is 55.2 Å². The van der Waals surface area contributed by atoms with Crippen LogP contribution in [0.5, 0.6) is 0 Å². The van der Waals surface area contributed by atoms with Crippen molar-refractivity contribution in [3.8, 4) is 0 Å². The molecule has 0 saturated heterocycles. The fourth-order valence-corrected chi connectivity index (χ4v) is 0.365. The van der Waals surface area contributed by atoms with E-state index in [9.17, 15) is 4.79 Å². The minimum Gasteiger partial charge on any atom is -0.542 e. The Morgan fingerprint density at radius 3 is 2.89 bits per heavy atom. The van der Waals surface area contributed by atoms with Gasteiger partial charge in [0.25, 0.3) is 0 Å². The molecule has 0 aliphatic carbocycles. The van der Waals surface area contributed by atoms with Crippen molar-refractivity contribution in [2.45, 2.75) is 0 Å². The molecule has 0 aliphatic heterocycles. The lowest BCUT2D eigenvalue weighted by atomic mass is 10.5. The topological polar surface area (TPSA) is 64.3 Å². The van der Waals surface area contributed by atoms with E-state index < -0.39 is 0 Å². The van der Waals surface area contributed by atoms with Crippen LogP contribution in [0.25, 0.3) is 0 Å². The third kappa shape index (κ3) is 5.32. The molecular formula is C4H11BN2O2. The quantitative estimate of drug-likeness (QED) is 0.329. The Hall–Kier alpha value is -0.545. The van der Waals surface area contributed by atoms with E-state index in [1.54, 1.807) is 0 Å². The second-order valence-corrected chi connectivity index (χ2v) is 1.54. The first-order chi connectivity index (χ1) is 4.31. The van der Waals surface area contributed by atoms with Crippen LogP contribution in [-0.4, -0.2) is 33.7 Å². The molecule has 3 N–H and O–H groups in total. The van der Waals surface area contributed by atoms with E-state index in [4.69, 9.17) is 5.73 Å². The predicted molar refractivity (Wildman–Crippen MR) is 36.6 cm³/mol. The average Bonchev–Trinajstić information content (AvgIpc) is 1.89. The Kier molecular flexibility index (Phi) is 5.25. The van der Waals surface area contributed by atoms with Crippen LogP contribution in [0.4, 0.5) is 0 Å². The van der Waals surface area contributed by atoms with Crippen molar-refractivity contribution in [2.24, 2.45) is 5.73 Å². The van der Waals surface area contributed by atoms with E-state index in [1.165, 1.54) is 8.05 Å². The molecule has 5 heteroatoms. The van der Waals surface area contributed by atoms with Gasteiger partial charge in [-0.15, -0.1) is 0 Å². The number of hydrogen-bond acceptors (Lipinski definition) is 4. The number of hydrogen-bond donors (Lipinski definition) is 2. The molecule has 0 radical (unpaired) electrons. The molecule has 0 heterocycles. The summed E-state index contributed by atoms with van der Waals surface area (Å²) in [5.41, 5.74) is 5.14. The van der Waals surface area contributed by atoms with E-state index in [1.807, 2.05) is 0 Å². The second-order valence-electron chi connectivity index (χ2n) is 1.54. The van der Waals surface area contributed by atoms with E-state index in [0.29, 0.717) is 13.1 Å². The van der Waals surface area contributed by atoms with Crippen molar-refractivity contribution < 1.29 is 9.45 Å². The highest BCUT2D eigenvalue weighted by molar-refractivity contribution is 6.05. The van der Waals surface area contributed by atoms with Gasteiger partial charge in [0.15, 0.2) is 0 Å². The summed E-state index contributed by atoms with van der Waals surface area (Å²) in [4.78, 5) is 10.4. The summed E-state index contributed by atoms with van der Waals surface area (Å²) in [6.07, 6.45) is 0. The summed E-state index contributed by atoms with van der Waals surface area (Å²) in [5, 5.41) is 2.79. The monoisotopic (exact) mass is 130 g/mol. The highest BCUT2D eigenvalue weighted by atomic mass is 16.5. The van der Waals surface area contributed by atoms with Gasteiger partial charge in [0.2, 0.25) is 0 Å². The first-order valence-electron chi connectivity index (χ1n) is 2.79. The summed E-state index contributed by atoms with van der Waals surface area (Å²) < 4.78 is 4.35. The van der Waals surface area contributed by atoms with Gasteiger partial charge in [-0.3, -0.25) is 4.79 Å². The minimum atomic E-state index is -0.261. The van der Waals surface area contributed by atoms with Crippen molar-refractivity contribution in [3.63, 3.8) is 0 Å². The van der Waals surface area contributed by atoms with Gasteiger partial charge >= 0.3 is 14.0 Å². The van der Waals surface area contributed by atoms with Gasteiger partial charge in [-0.2, -0.15) is 0 Å². The van der Waals surface area contributed by atoms with Crippen molar-refractivity contribution in [3.05, 3.63) is 0 Å². The molecule has 0 aromatic heterocycles. The standard InChI is InChI=1S/C4H11BN2O2/c5-9-4(8)3-7-2-1-6/h7H,1-3,5-6H2. The molecule has 9 heavy (non-hydrogen) atoms. The molecule has 4 nitrogen and oxygen atoms in total. The summed E-state index contributed by atoms with van der Waals surface area (Å²) in [6, 6.07) is 0. The maximum absolute atomic E-state index is 10.4. The minimum absolute atomic E-state index is 0.244. The molecule has 0 saturated carbocycles. The Balaban J connectivity index is 2.97. The number of nitrogens with one attached hydrogen (secondary N) is 1. The lowest BCUT2D eigenvalue weighted by Crippen LogP contribution is -2.28. The van der Waals surface area contributed by atoms with Gasteiger partial charge in [-0.25, -0.2) is 0 Å². The third-order valence-electron chi connectivity index (χ3n) is 0.818. The molecule has 0 aliphatic rings. The molecule has 0 fully saturated rings. The van der Waals surface area contributed by atoms with Crippen LogP contribution in [0.2, 0.25) is 0 Å². The van der Waals surface area contributed by atoms with Crippen molar-refractivity contribution in [1.29, 1.82) is 0 Å². The van der Waals surface area contributed by atoms with E-state index >= 15 is 0 Å². The SMILES string of the molecule is BOC(=O)CNCCN. The molecule has 52 valence electrons. The van der Waals surface area contributed by atoms with E-state index in [0.717, 1.165) is 0 Å². The first kappa shape index (κ1) is 8.45. The maximum Gasteiger partial charge on any atom is 0.326 e. The number of nitrogens with two attached hydrogens (primary N) is 1. The fraction of sp³-hybridized carbons (Fsp3) is 0.750. The third-order valence-corrected chi connectivity index (χ3v) is 0.818. The largest absolute Gasteiger partial charge is 0.542 e. The molecule has 0 bridgehead atoms. The number of carbonyl (C=O) groups is 1. The van der Waals surface area contributed by atoms with Gasteiger partial charge in [-0.05, 0) is 0 Å². The molecule has 0 unspecified atom stereocenters. The Morgan fingerprint density at radius 2 is 2.44 bits per heavy atom. The predicted octanol–water partition coefficient (Wildman–Crippen LogP) is -2.37. The van der Waals surface area contributed by atoms with Gasteiger partial charge < -0.3 is 15.7 Å². The molecule has 0 aromatic carbocycles. The first-order valence-corrected chi connectivity index (χ1v) is 2.79. The van der Waals surface area contributed by atoms with Crippen LogP contribution in [0.3, 0.4) is 0 Å². The van der Waals surface area contributed by atoms with Crippen molar-refractivity contribution in [1.82, 2.24) is 5.32 Å². The van der Waals surface area contributed by atoms with E-state index in [-0.39, 0.29) is 12.5 Å². The number of rotatable bonds is 4. The van der Waals surface area contributed by atoms with Gasteiger partial charge in [0.1, 0.15) is 0 Å². The summed E-state index contributed by atoms with van der Waals surface area (Å²) in [7, 11) is 1.35. The van der Waals surface area contributed by atoms with E-state index in [2.05, 4.69) is 9.97 Å². The van der Waals surface area contributed by atoms with Crippen LogP contribution in [0.15, 0.2) is 0 Å². The van der Waals surface area contributed by atoms with Crippen LogP contribution in [-0.2, 0) is 9.45 Å². The summed E-state index contributed by atoms with van der Waals surface area (Å²) >= 11 is 0. The van der Waals surface area contributed by atoms with Crippen LogP contribution in [0, 0.1) is 0 Å². The van der Waals surface area contributed by atoms with Gasteiger partial charge in [-0.1, -0.05) is 0 Å².